The van der Waals surface area contributed by atoms with Crippen LogP contribution in [-0.2, 0) is 6.18 Å². The van der Waals surface area contributed by atoms with Gasteiger partial charge in [-0.25, -0.2) is 52.7 Å². The van der Waals surface area contributed by atoms with Gasteiger partial charge in [0.2, 0.25) is 5.82 Å². The van der Waals surface area contributed by atoms with Crippen LogP contribution in [-0.4, -0.2) is 0 Å². The van der Waals surface area contributed by atoms with Crippen LogP contribution in [0, 0.1) is 69.8 Å². The van der Waals surface area contributed by atoms with Crippen LogP contribution in [0.3, 0.4) is 0 Å². The average Bonchev–Trinajstić information content (AvgIpc) is 2.91. The Morgan fingerprint density at radius 2 is 0.714 bits per heavy atom. The Morgan fingerprint density at radius 1 is 0.357 bits per heavy atom. The Kier molecular flexibility index (Phi) is 6.62. The summed E-state index contributed by atoms with van der Waals surface area (Å²) in [5.74, 6) is -29.4. The zero-order valence-electron chi connectivity index (χ0n) is 19.6. The van der Waals surface area contributed by atoms with E-state index in [1.54, 1.807) is 0 Å². The molecule has 0 heterocycles. The first-order valence-corrected chi connectivity index (χ1v) is 11.0. The molecule has 0 N–H and O–H groups in total. The average molecular weight is 614 g/mol. The maximum atomic E-state index is 15.2. The SMILES string of the molecule is Fc1ccc2c(-c3c(F)c(F)c(C(F)(F)F)c(F)c3F)c3cc(F)c(F)cc3c(-c3c(F)c(F)c(F)c(F)c3F)c2c1. The van der Waals surface area contributed by atoms with Crippen LogP contribution in [0.4, 0.5) is 65.9 Å². The van der Waals surface area contributed by atoms with Crippen LogP contribution in [0.25, 0.3) is 43.8 Å². The Bertz CT molecular complexity index is 1930. The zero-order chi connectivity index (χ0) is 31.2. The number of rotatable bonds is 2. The molecule has 0 nitrogen and oxygen atoms in total. The van der Waals surface area contributed by atoms with Crippen molar-refractivity contribution in [2.45, 2.75) is 6.18 Å². The van der Waals surface area contributed by atoms with E-state index in [1.165, 1.54) is 0 Å². The van der Waals surface area contributed by atoms with Crippen molar-refractivity contribution in [3.63, 3.8) is 0 Å². The fraction of sp³-hybridized carbons (Fsp3) is 0.0370. The largest absolute Gasteiger partial charge is 0.422 e. The first-order valence-electron chi connectivity index (χ1n) is 11.0. The van der Waals surface area contributed by atoms with E-state index in [9.17, 15) is 57.1 Å². The molecule has 0 aliphatic carbocycles. The molecule has 0 aliphatic rings. The summed E-state index contributed by atoms with van der Waals surface area (Å²) in [4.78, 5) is 0. The molecule has 0 aromatic heterocycles. The topological polar surface area (TPSA) is 0 Å². The molecule has 0 atom stereocenters. The molecule has 0 amide bonds. The van der Waals surface area contributed by atoms with Crippen LogP contribution in [0.2, 0.25) is 0 Å². The molecule has 218 valence electrons. The molecule has 42 heavy (non-hydrogen) atoms. The maximum Gasteiger partial charge on any atom is 0.422 e. The molecule has 15 heteroatoms. The van der Waals surface area contributed by atoms with Crippen LogP contribution in [0.1, 0.15) is 5.56 Å². The molecular weight excluding hydrogens is 609 g/mol. The molecule has 5 aromatic carbocycles. The van der Waals surface area contributed by atoms with E-state index < -0.39 is 125 Å². The highest BCUT2D eigenvalue weighted by Crippen LogP contribution is 2.49. The highest BCUT2D eigenvalue weighted by Gasteiger charge is 2.43. The zero-order valence-corrected chi connectivity index (χ0v) is 19.6. The van der Waals surface area contributed by atoms with Crippen molar-refractivity contribution in [1.82, 2.24) is 0 Å². The first-order chi connectivity index (χ1) is 19.5. The predicted octanol–water partition coefficient (Wildman–Crippen LogP) is 10.0. The van der Waals surface area contributed by atoms with Crippen LogP contribution >= 0.6 is 0 Å². The second-order valence-corrected chi connectivity index (χ2v) is 8.70. The summed E-state index contributed by atoms with van der Waals surface area (Å²) in [6, 6.07) is 1.30. The number of fused-ring (bicyclic) bond motifs is 2. The molecule has 0 fully saturated rings. The smallest absolute Gasteiger partial charge is 0.207 e. The van der Waals surface area contributed by atoms with Gasteiger partial charge < -0.3 is 0 Å². The molecule has 5 rings (SSSR count). The lowest BCUT2D eigenvalue weighted by Gasteiger charge is -2.21. The van der Waals surface area contributed by atoms with Gasteiger partial charge in [0.25, 0.3) is 0 Å². The van der Waals surface area contributed by atoms with Gasteiger partial charge in [0.1, 0.15) is 11.4 Å². The normalized spacial score (nSPS) is 12.2. The Morgan fingerprint density at radius 3 is 1.14 bits per heavy atom. The number of hydrogen-bond acceptors (Lipinski definition) is 0. The molecule has 0 radical (unpaired) electrons. The number of hydrogen-bond donors (Lipinski definition) is 0. The first kappa shape index (κ1) is 29.1. The third-order valence-corrected chi connectivity index (χ3v) is 6.38. The minimum atomic E-state index is -5.98. The fourth-order valence-corrected chi connectivity index (χ4v) is 4.66. The van der Waals surface area contributed by atoms with E-state index >= 15 is 8.78 Å². The van der Waals surface area contributed by atoms with Gasteiger partial charge in [-0.1, -0.05) is 6.07 Å². The minimum Gasteiger partial charge on any atom is -0.207 e. The van der Waals surface area contributed by atoms with Crippen molar-refractivity contribution in [1.29, 1.82) is 0 Å². The van der Waals surface area contributed by atoms with E-state index in [0.29, 0.717) is 12.1 Å². The summed E-state index contributed by atoms with van der Waals surface area (Å²) in [5.41, 5.74) is -9.38. The Balaban J connectivity index is 2.12. The van der Waals surface area contributed by atoms with E-state index in [-0.39, 0.29) is 18.2 Å². The lowest BCUT2D eigenvalue weighted by molar-refractivity contribution is -0.143. The summed E-state index contributed by atoms with van der Waals surface area (Å²) in [6.07, 6.45) is -5.98. The standard InChI is InChI=1S/C27H5F15/c28-6-1-2-7-8(3-6)14(16-20(33)24(37)26(39)25(38)21(16)34)10-5-12(30)11(29)4-9(10)13(7)15-18(31)22(35)17(27(40,41)42)23(36)19(15)32/h1-5H. The summed E-state index contributed by atoms with van der Waals surface area (Å²) in [7, 11) is 0. The van der Waals surface area contributed by atoms with Crippen molar-refractivity contribution >= 4 is 21.5 Å². The molecule has 0 spiro atoms. The van der Waals surface area contributed by atoms with Crippen molar-refractivity contribution < 1.29 is 65.9 Å². The predicted molar refractivity (Wildman–Crippen MR) is 117 cm³/mol. The third kappa shape index (κ3) is 4.04. The van der Waals surface area contributed by atoms with Crippen molar-refractivity contribution in [3.05, 3.63) is 106 Å². The molecule has 0 saturated heterocycles. The lowest BCUT2D eigenvalue weighted by atomic mass is 9.84. The number of halogens is 15. The summed E-state index contributed by atoms with van der Waals surface area (Å²) >= 11 is 0. The molecular formula is C27H5F15. The minimum absolute atomic E-state index is 0.0263. The van der Waals surface area contributed by atoms with E-state index in [2.05, 4.69) is 0 Å². The summed E-state index contributed by atoms with van der Waals surface area (Å²) in [5, 5.41) is -4.26. The van der Waals surface area contributed by atoms with E-state index in [4.69, 9.17) is 0 Å². The van der Waals surface area contributed by atoms with Gasteiger partial charge in [0.05, 0.1) is 11.1 Å². The van der Waals surface area contributed by atoms with Gasteiger partial charge in [-0.3, -0.25) is 0 Å². The Hall–Kier alpha value is -4.43. The second kappa shape index (κ2) is 9.56. The van der Waals surface area contributed by atoms with E-state index in [0.717, 1.165) is 0 Å². The van der Waals surface area contributed by atoms with Gasteiger partial charge in [-0.05, 0) is 45.8 Å². The van der Waals surface area contributed by atoms with Gasteiger partial charge in [-0.15, -0.1) is 0 Å². The molecule has 0 bridgehead atoms. The van der Waals surface area contributed by atoms with Crippen molar-refractivity contribution in [2.75, 3.05) is 0 Å². The van der Waals surface area contributed by atoms with Gasteiger partial charge in [0, 0.05) is 11.1 Å². The highest BCUT2D eigenvalue weighted by molar-refractivity contribution is 6.21. The highest BCUT2D eigenvalue weighted by atomic mass is 19.4. The van der Waals surface area contributed by atoms with Gasteiger partial charge >= 0.3 is 6.18 Å². The third-order valence-electron chi connectivity index (χ3n) is 6.38. The van der Waals surface area contributed by atoms with Gasteiger partial charge in [-0.2, -0.15) is 13.2 Å². The maximum absolute atomic E-state index is 15.2. The summed E-state index contributed by atoms with van der Waals surface area (Å²) in [6.45, 7) is 0. The second-order valence-electron chi connectivity index (χ2n) is 8.70. The molecule has 0 unspecified atom stereocenters. The lowest BCUT2D eigenvalue weighted by Crippen LogP contribution is -2.16. The quantitative estimate of drug-likeness (QED) is 0.0804. The molecule has 0 aliphatic heterocycles. The van der Waals surface area contributed by atoms with Crippen LogP contribution < -0.4 is 0 Å². The fourth-order valence-electron chi connectivity index (χ4n) is 4.66. The summed E-state index contributed by atoms with van der Waals surface area (Å²) < 4.78 is 214. The van der Waals surface area contributed by atoms with Crippen LogP contribution in [0.15, 0.2) is 30.3 Å². The monoisotopic (exact) mass is 614 g/mol. The van der Waals surface area contributed by atoms with E-state index in [1.807, 2.05) is 0 Å². The van der Waals surface area contributed by atoms with Crippen molar-refractivity contribution in [3.8, 4) is 22.3 Å². The van der Waals surface area contributed by atoms with Crippen molar-refractivity contribution in [2.24, 2.45) is 0 Å². The molecule has 0 saturated carbocycles. The number of benzene rings is 5. The number of alkyl halides is 3. The Labute approximate surface area is 222 Å². The molecule has 5 aromatic rings. The van der Waals surface area contributed by atoms with Crippen LogP contribution in [0.5, 0.6) is 0 Å². The van der Waals surface area contributed by atoms with Gasteiger partial charge in [0.15, 0.2) is 58.2 Å².